The SMILES string of the molecule is CC(Sc1nnc(-c2ccccc2Cl)n1N)C(=O)Nc1ccc2ccccc2c1. The normalized spacial score (nSPS) is 12.1. The van der Waals surface area contributed by atoms with Gasteiger partial charge in [0.25, 0.3) is 0 Å². The van der Waals surface area contributed by atoms with E-state index in [-0.39, 0.29) is 5.91 Å². The summed E-state index contributed by atoms with van der Waals surface area (Å²) in [6.45, 7) is 1.80. The Morgan fingerprint density at radius 1 is 1.07 bits per heavy atom. The van der Waals surface area contributed by atoms with Crippen molar-refractivity contribution >= 4 is 45.7 Å². The second-order valence-electron chi connectivity index (χ2n) is 6.47. The van der Waals surface area contributed by atoms with Crippen LogP contribution in [0.1, 0.15) is 6.92 Å². The van der Waals surface area contributed by atoms with Crippen molar-refractivity contribution in [1.82, 2.24) is 14.9 Å². The van der Waals surface area contributed by atoms with E-state index in [1.54, 1.807) is 13.0 Å². The largest absolute Gasteiger partial charge is 0.335 e. The molecule has 1 heterocycles. The number of rotatable bonds is 5. The number of halogens is 1. The Kier molecular flexibility index (Phi) is 5.42. The van der Waals surface area contributed by atoms with Crippen LogP contribution in [0.15, 0.2) is 71.9 Å². The van der Waals surface area contributed by atoms with Crippen LogP contribution in [0.2, 0.25) is 5.02 Å². The Labute approximate surface area is 177 Å². The smallest absolute Gasteiger partial charge is 0.237 e. The van der Waals surface area contributed by atoms with Crippen molar-refractivity contribution in [2.75, 3.05) is 11.2 Å². The van der Waals surface area contributed by atoms with E-state index < -0.39 is 5.25 Å². The highest BCUT2D eigenvalue weighted by molar-refractivity contribution is 8.00. The molecule has 1 amide bonds. The minimum absolute atomic E-state index is 0.146. The van der Waals surface area contributed by atoms with Crippen molar-refractivity contribution in [2.24, 2.45) is 0 Å². The van der Waals surface area contributed by atoms with E-state index in [2.05, 4.69) is 15.5 Å². The molecule has 0 bridgehead atoms. The van der Waals surface area contributed by atoms with Gasteiger partial charge < -0.3 is 11.2 Å². The Balaban J connectivity index is 1.48. The molecule has 3 N–H and O–H groups in total. The second-order valence-corrected chi connectivity index (χ2v) is 8.18. The first-order valence-corrected chi connectivity index (χ1v) is 10.2. The Morgan fingerprint density at radius 3 is 2.59 bits per heavy atom. The van der Waals surface area contributed by atoms with Gasteiger partial charge in [-0.1, -0.05) is 65.8 Å². The first kappa shape index (κ1) is 19.3. The maximum atomic E-state index is 12.6. The van der Waals surface area contributed by atoms with Crippen LogP contribution in [0.3, 0.4) is 0 Å². The number of hydrogen-bond acceptors (Lipinski definition) is 5. The monoisotopic (exact) mass is 423 g/mol. The molecule has 1 unspecified atom stereocenters. The van der Waals surface area contributed by atoms with Gasteiger partial charge in [0.15, 0.2) is 5.82 Å². The molecule has 146 valence electrons. The first-order chi connectivity index (χ1) is 14.0. The zero-order chi connectivity index (χ0) is 20.4. The summed E-state index contributed by atoms with van der Waals surface area (Å²) in [6.07, 6.45) is 0. The van der Waals surface area contributed by atoms with Crippen LogP contribution < -0.4 is 11.2 Å². The number of carbonyl (C=O) groups excluding carboxylic acids is 1. The lowest BCUT2D eigenvalue weighted by Gasteiger charge is -2.12. The number of benzene rings is 3. The molecule has 0 saturated carbocycles. The fourth-order valence-corrected chi connectivity index (χ4v) is 3.90. The van der Waals surface area contributed by atoms with Crippen LogP contribution in [0, 0.1) is 0 Å². The molecule has 29 heavy (non-hydrogen) atoms. The molecule has 8 heteroatoms. The molecule has 3 aromatic carbocycles. The lowest BCUT2D eigenvalue weighted by Crippen LogP contribution is -2.23. The molecule has 6 nitrogen and oxygen atoms in total. The maximum Gasteiger partial charge on any atom is 0.237 e. The van der Waals surface area contributed by atoms with Gasteiger partial charge in [-0.05, 0) is 42.0 Å². The predicted octanol–water partition coefficient (Wildman–Crippen LogP) is 4.58. The van der Waals surface area contributed by atoms with Gasteiger partial charge in [0.2, 0.25) is 11.1 Å². The van der Waals surface area contributed by atoms with Crippen molar-refractivity contribution in [2.45, 2.75) is 17.3 Å². The van der Waals surface area contributed by atoms with E-state index in [1.165, 1.54) is 16.4 Å². The summed E-state index contributed by atoms with van der Waals surface area (Å²) < 4.78 is 1.35. The molecule has 0 aliphatic heterocycles. The number of hydrogen-bond donors (Lipinski definition) is 2. The highest BCUT2D eigenvalue weighted by Crippen LogP contribution is 2.29. The molecule has 4 aromatic rings. The summed E-state index contributed by atoms with van der Waals surface area (Å²) in [4.78, 5) is 12.6. The third-order valence-electron chi connectivity index (χ3n) is 4.45. The molecule has 0 fully saturated rings. The highest BCUT2D eigenvalue weighted by atomic mass is 35.5. The van der Waals surface area contributed by atoms with Crippen LogP contribution in [-0.4, -0.2) is 26.0 Å². The third-order valence-corrected chi connectivity index (χ3v) is 5.83. The fourth-order valence-electron chi connectivity index (χ4n) is 2.91. The summed E-state index contributed by atoms with van der Waals surface area (Å²) in [5.41, 5.74) is 1.43. The van der Waals surface area contributed by atoms with E-state index in [1.807, 2.05) is 60.7 Å². The Bertz CT molecular complexity index is 1190. The van der Waals surface area contributed by atoms with Crippen molar-refractivity contribution in [3.8, 4) is 11.4 Å². The number of fused-ring (bicyclic) bond motifs is 1. The molecule has 0 saturated heterocycles. The van der Waals surface area contributed by atoms with Crippen molar-refractivity contribution in [3.05, 3.63) is 71.8 Å². The van der Waals surface area contributed by atoms with Gasteiger partial charge in [0, 0.05) is 11.3 Å². The van der Waals surface area contributed by atoms with E-state index in [0.717, 1.165) is 16.5 Å². The third kappa shape index (κ3) is 4.06. The van der Waals surface area contributed by atoms with E-state index >= 15 is 0 Å². The summed E-state index contributed by atoms with van der Waals surface area (Å²) >= 11 is 7.45. The van der Waals surface area contributed by atoms with E-state index in [4.69, 9.17) is 17.4 Å². The summed E-state index contributed by atoms with van der Waals surface area (Å²) in [6, 6.07) is 21.1. The molecule has 4 rings (SSSR count). The van der Waals surface area contributed by atoms with Crippen LogP contribution in [0.4, 0.5) is 5.69 Å². The molecular weight excluding hydrogens is 406 g/mol. The van der Waals surface area contributed by atoms with Gasteiger partial charge in [-0.15, -0.1) is 10.2 Å². The van der Waals surface area contributed by atoms with E-state index in [9.17, 15) is 4.79 Å². The van der Waals surface area contributed by atoms with Crippen molar-refractivity contribution in [1.29, 1.82) is 0 Å². The standard InChI is InChI=1S/C21H18ClN5OS/c1-13(20(28)24-16-11-10-14-6-2-3-7-15(14)12-16)29-21-26-25-19(27(21)23)17-8-4-5-9-18(17)22/h2-13H,23H2,1H3,(H,24,28). The van der Waals surface area contributed by atoms with Crippen molar-refractivity contribution in [3.63, 3.8) is 0 Å². The average molecular weight is 424 g/mol. The lowest BCUT2D eigenvalue weighted by molar-refractivity contribution is -0.115. The molecular formula is C21H18ClN5OS. The zero-order valence-electron chi connectivity index (χ0n) is 15.5. The van der Waals surface area contributed by atoms with Gasteiger partial charge >= 0.3 is 0 Å². The van der Waals surface area contributed by atoms with Gasteiger partial charge in [-0.3, -0.25) is 4.79 Å². The molecule has 1 aromatic heterocycles. The van der Waals surface area contributed by atoms with Gasteiger partial charge in [0.1, 0.15) is 0 Å². The number of carbonyl (C=O) groups is 1. The first-order valence-electron chi connectivity index (χ1n) is 8.94. The Morgan fingerprint density at radius 2 is 1.79 bits per heavy atom. The quantitative estimate of drug-likeness (QED) is 0.362. The summed E-state index contributed by atoms with van der Waals surface area (Å²) in [5.74, 6) is 6.45. The molecule has 0 radical (unpaired) electrons. The predicted molar refractivity (Wildman–Crippen MR) is 119 cm³/mol. The minimum Gasteiger partial charge on any atom is -0.335 e. The lowest BCUT2D eigenvalue weighted by atomic mass is 10.1. The number of thioether (sulfide) groups is 1. The van der Waals surface area contributed by atoms with Gasteiger partial charge in [0.05, 0.1) is 10.3 Å². The van der Waals surface area contributed by atoms with Crippen molar-refractivity contribution < 1.29 is 4.79 Å². The average Bonchev–Trinajstić information content (AvgIpc) is 3.08. The number of nitrogens with two attached hydrogens (primary N) is 1. The number of aromatic nitrogens is 3. The molecule has 0 aliphatic rings. The van der Waals surface area contributed by atoms with Crippen LogP contribution in [0.25, 0.3) is 22.2 Å². The molecule has 0 aliphatic carbocycles. The molecule has 1 atom stereocenters. The van der Waals surface area contributed by atoms with Gasteiger partial charge in [-0.2, -0.15) is 0 Å². The van der Waals surface area contributed by atoms with E-state index in [0.29, 0.717) is 21.6 Å². The second kappa shape index (κ2) is 8.14. The zero-order valence-corrected chi connectivity index (χ0v) is 17.1. The maximum absolute atomic E-state index is 12.6. The van der Waals surface area contributed by atoms with Crippen LogP contribution in [-0.2, 0) is 4.79 Å². The number of amides is 1. The minimum atomic E-state index is -0.424. The highest BCUT2D eigenvalue weighted by Gasteiger charge is 2.21. The number of nitrogens with one attached hydrogen (secondary N) is 1. The van der Waals surface area contributed by atoms with Crippen LogP contribution in [0.5, 0.6) is 0 Å². The van der Waals surface area contributed by atoms with Gasteiger partial charge in [-0.25, -0.2) is 4.68 Å². The summed E-state index contributed by atoms with van der Waals surface area (Å²) in [7, 11) is 0. The van der Waals surface area contributed by atoms with Crippen LogP contribution >= 0.6 is 23.4 Å². The number of nitrogens with zero attached hydrogens (tertiary/aromatic N) is 3. The number of anilines is 1. The number of nitrogen functional groups attached to an aromatic ring is 1. The molecule has 0 spiro atoms. The summed E-state index contributed by atoms with van der Waals surface area (Å²) in [5, 5.41) is 13.9. The Hall–Kier alpha value is -3.03. The fraction of sp³-hybridized carbons (Fsp3) is 0.0952. The topological polar surface area (TPSA) is 85.8 Å².